The zero-order valence-corrected chi connectivity index (χ0v) is 13.3. The topological polar surface area (TPSA) is 80.0 Å². The fourth-order valence-electron chi connectivity index (χ4n) is 2.19. The third kappa shape index (κ3) is 3.64. The maximum absolute atomic E-state index is 12.0. The molecule has 2 aromatic heterocycles. The Balaban J connectivity index is 1.63. The molecular formula is C16H16N4O2S. The average Bonchev–Trinajstić information content (AvgIpc) is 3.16. The van der Waals surface area contributed by atoms with Crippen LogP contribution in [0.5, 0.6) is 0 Å². The highest BCUT2D eigenvalue weighted by Crippen LogP contribution is 2.24. The molecule has 0 saturated heterocycles. The number of hydrogen-bond acceptors (Lipinski definition) is 5. The Labute approximate surface area is 137 Å². The third-order valence-electron chi connectivity index (χ3n) is 3.36. The lowest BCUT2D eigenvalue weighted by molar-refractivity contribution is -0.118. The summed E-state index contributed by atoms with van der Waals surface area (Å²) in [7, 11) is 1.89. The molecule has 0 fully saturated rings. The Morgan fingerprint density at radius 1 is 1.39 bits per heavy atom. The first kappa shape index (κ1) is 15.4. The van der Waals surface area contributed by atoms with E-state index in [1.54, 1.807) is 18.3 Å². The summed E-state index contributed by atoms with van der Waals surface area (Å²) in [6, 6.07) is 9.11. The molecule has 3 rings (SSSR count). The van der Waals surface area contributed by atoms with Crippen molar-refractivity contribution < 1.29 is 9.90 Å². The molecule has 1 atom stereocenters. The Morgan fingerprint density at radius 2 is 2.17 bits per heavy atom. The van der Waals surface area contributed by atoms with Crippen LogP contribution in [0, 0.1) is 0 Å². The van der Waals surface area contributed by atoms with Gasteiger partial charge in [-0.1, -0.05) is 30.3 Å². The lowest BCUT2D eigenvalue weighted by Gasteiger charge is -2.09. The van der Waals surface area contributed by atoms with Gasteiger partial charge in [0.2, 0.25) is 5.91 Å². The van der Waals surface area contributed by atoms with E-state index < -0.39 is 6.10 Å². The van der Waals surface area contributed by atoms with Crippen LogP contribution in [-0.2, 0) is 11.8 Å². The van der Waals surface area contributed by atoms with Gasteiger partial charge in [0, 0.05) is 24.8 Å². The third-order valence-corrected chi connectivity index (χ3v) is 4.12. The molecule has 118 valence electrons. The van der Waals surface area contributed by atoms with E-state index in [1.807, 2.05) is 41.4 Å². The number of carbonyl (C=O) groups is 1. The largest absolute Gasteiger partial charge is 0.388 e. The minimum Gasteiger partial charge on any atom is -0.388 e. The molecule has 1 aromatic carbocycles. The number of hydrogen-bond donors (Lipinski definition) is 2. The van der Waals surface area contributed by atoms with Gasteiger partial charge in [-0.05, 0) is 5.56 Å². The van der Waals surface area contributed by atoms with Crippen LogP contribution in [0.3, 0.4) is 0 Å². The SMILES string of the molecule is Cn1ccnc1-c1csc(NC(=O)CC(O)c2ccccc2)n1. The predicted octanol–water partition coefficient (Wildman–Crippen LogP) is 2.61. The molecule has 0 aliphatic rings. The number of anilines is 1. The van der Waals surface area contributed by atoms with Gasteiger partial charge in [-0.25, -0.2) is 9.97 Å². The van der Waals surface area contributed by atoms with Gasteiger partial charge in [0.05, 0.1) is 12.5 Å². The number of imidazole rings is 1. The van der Waals surface area contributed by atoms with Gasteiger partial charge in [0.15, 0.2) is 11.0 Å². The summed E-state index contributed by atoms with van der Waals surface area (Å²) in [5, 5.41) is 15.1. The van der Waals surface area contributed by atoms with Gasteiger partial charge >= 0.3 is 0 Å². The van der Waals surface area contributed by atoms with E-state index in [0.717, 1.165) is 11.4 Å². The minimum atomic E-state index is -0.829. The second kappa shape index (κ2) is 6.72. The highest BCUT2D eigenvalue weighted by molar-refractivity contribution is 7.14. The zero-order valence-electron chi connectivity index (χ0n) is 12.5. The summed E-state index contributed by atoms with van der Waals surface area (Å²) in [5.74, 6) is 0.466. The Morgan fingerprint density at radius 3 is 2.87 bits per heavy atom. The number of rotatable bonds is 5. The van der Waals surface area contributed by atoms with Crippen molar-refractivity contribution in [2.24, 2.45) is 7.05 Å². The number of thiazole rings is 1. The second-order valence-electron chi connectivity index (χ2n) is 5.08. The minimum absolute atomic E-state index is 0.0126. The van der Waals surface area contributed by atoms with E-state index in [4.69, 9.17) is 0 Å². The molecule has 0 bridgehead atoms. The standard InChI is InChI=1S/C16H16N4O2S/c1-20-8-7-17-15(20)12-10-23-16(18-12)19-14(22)9-13(21)11-5-3-2-4-6-11/h2-8,10,13,21H,9H2,1H3,(H,18,19,22). The van der Waals surface area contributed by atoms with Crippen LogP contribution in [0.25, 0.3) is 11.5 Å². The van der Waals surface area contributed by atoms with Gasteiger partial charge in [0.1, 0.15) is 5.69 Å². The van der Waals surface area contributed by atoms with E-state index >= 15 is 0 Å². The number of nitrogens with zero attached hydrogens (tertiary/aromatic N) is 3. The van der Waals surface area contributed by atoms with Crippen molar-refractivity contribution in [3.63, 3.8) is 0 Å². The molecule has 3 aromatic rings. The monoisotopic (exact) mass is 328 g/mol. The van der Waals surface area contributed by atoms with Gasteiger partial charge in [-0.3, -0.25) is 4.79 Å². The molecule has 1 unspecified atom stereocenters. The quantitative estimate of drug-likeness (QED) is 0.754. The average molecular weight is 328 g/mol. The maximum atomic E-state index is 12.0. The number of benzene rings is 1. The highest BCUT2D eigenvalue weighted by Gasteiger charge is 2.15. The van der Waals surface area contributed by atoms with Crippen molar-refractivity contribution in [3.8, 4) is 11.5 Å². The fourth-order valence-corrected chi connectivity index (χ4v) is 2.89. The molecule has 1 amide bonds. The summed E-state index contributed by atoms with van der Waals surface area (Å²) in [4.78, 5) is 20.6. The van der Waals surface area contributed by atoms with Crippen LogP contribution in [0.15, 0.2) is 48.1 Å². The summed E-state index contributed by atoms with van der Waals surface area (Å²) in [5.41, 5.74) is 1.43. The lowest BCUT2D eigenvalue weighted by atomic mass is 10.1. The number of aryl methyl sites for hydroxylation is 1. The van der Waals surface area contributed by atoms with Crippen molar-refractivity contribution in [1.29, 1.82) is 0 Å². The summed E-state index contributed by atoms with van der Waals surface area (Å²) in [6.45, 7) is 0. The number of nitrogens with one attached hydrogen (secondary N) is 1. The smallest absolute Gasteiger partial charge is 0.229 e. The fraction of sp³-hybridized carbons (Fsp3) is 0.188. The van der Waals surface area contributed by atoms with Crippen LogP contribution >= 0.6 is 11.3 Å². The molecule has 0 aliphatic heterocycles. The Kier molecular flexibility index (Phi) is 4.50. The molecule has 0 radical (unpaired) electrons. The van der Waals surface area contributed by atoms with Gasteiger partial charge in [-0.2, -0.15) is 0 Å². The first-order chi connectivity index (χ1) is 11.1. The van der Waals surface area contributed by atoms with E-state index in [2.05, 4.69) is 15.3 Å². The zero-order chi connectivity index (χ0) is 16.2. The normalized spacial score (nSPS) is 12.1. The number of aliphatic hydroxyl groups is 1. The lowest BCUT2D eigenvalue weighted by Crippen LogP contribution is -2.15. The summed E-state index contributed by atoms with van der Waals surface area (Å²) >= 11 is 1.33. The van der Waals surface area contributed by atoms with Crippen molar-refractivity contribution in [3.05, 3.63) is 53.7 Å². The molecule has 6 nitrogen and oxygen atoms in total. The summed E-state index contributed by atoms with van der Waals surface area (Å²) < 4.78 is 1.86. The molecular weight excluding hydrogens is 312 g/mol. The first-order valence-corrected chi connectivity index (χ1v) is 7.97. The molecule has 23 heavy (non-hydrogen) atoms. The number of aliphatic hydroxyl groups excluding tert-OH is 1. The van der Waals surface area contributed by atoms with Crippen LogP contribution < -0.4 is 5.32 Å². The number of carbonyl (C=O) groups excluding carboxylic acids is 1. The highest BCUT2D eigenvalue weighted by atomic mass is 32.1. The van der Waals surface area contributed by atoms with E-state index in [-0.39, 0.29) is 12.3 Å². The van der Waals surface area contributed by atoms with Crippen molar-refractivity contribution in [1.82, 2.24) is 14.5 Å². The number of aromatic nitrogens is 3. The Hall–Kier alpha value is -2.51. The summed E-state index contributed by atoms with van der Waals surface area (Å²) in [6.07, 6.45) is 2.69. The van der Waals surface area contributed by atoms with Crippen LogP contribution in [0.4, 0.5) is 5.13 Å². The van der Waals surface area contributed by atoms with Crippen molar-refractivity contribution >= 4 is 22.4 Å². The Bertz CT molecular complexity index is 797. The molecule has 0 aliphatic carbocycles. The van der Waals surface area contributed by atoms with Gasteiger partial charge in [0.25, 0.3) is 0 Å². The van der Waals surface area contributed by atoms with E-state index in [9.17, 15) is 9.90 Å². The van der Waals surface area contributed by atoms with Gasteiger partial charge in [-0.15, -0.1) is 11.3 Å². The molecule has 2 heterocycles. The predicted molar refractivity (Wildman–Crippen MR) is 89.0 cm³/mol. The second-order valence-corrected chi connectivity index (χ2v) is 5.94. The maximum Gasteiger partial charge on any atom is 0.229 e. The molecule has 0 saturated carbocycles. The number of amides is 1. The molecule has 2 N–H and O–H groups in total. The van der Waals surface area contributed by atoms with Crippen molar-refractivity contribution in [2.75, 3.05) is 5.32 Å². The first-order valence-electron chi connectivity index (χ1n) is 7.09. The molecule has 0 spiro atoms. The van der Waals surface area contributed by atoms with E-state index in [0.29, 0.717) is 10.8 Å². The molecule has 7 heteroatoms. The van der Waals surface area contributed by atoms with Crippen LogP contribution in [-0.4, -0.2) is 25.5 Å². The van der Waals surface area contributed by atoms with E-state index in [1.165, 1.54) is 11.3 Å². The van der Waals surface area contributed by atoms with Gasteiger partial charge < -0.3 is 15.0 Å². The van der Waals surface area contributed by atoms with Crippen LogP contribution in [0.2, 0.25) is 0 Å². The van der Waals surface area contributed by atoms with Crippen molar-refractivity contribution in [2.45, 2.75) is 12.5 Å². The van der Waals surface area contributed by atoms with Crippen LogP contribution in [0.1, 0.15) is 18.1 Å².